The van der Waals surface area contributed by atoms with Crippen molar-refractivity contribution in [3.05, 3.63) is 65.7 Å². The fourth-order valence-corrected chi connectivity index (χ4v) is 4.80. The van der Waals surface area contributed by atoms with Crippen LogP contribution in [0.3, 0.4) is 0 Å². The predicted molar refractivity (Wildman–Crippen MR) is 127 cm³/mol. The molecule has 2 aromatic rings. The van der Waals surface area contributed by atoms with E-state index in [4.69, 9.17) is 9.47 Å². The number of hydrogen-bond acceptors (Lipinski definition) is 4. The number of piperidine rings is 1. The molecule has 0 N–H and O–H groups in total. The molecule has 4 rings (SSSR count). The van der Waals surface area contributed by atoms with Crippen LogP contribution < -0.4 is 4.74 Å². The van der Waals surface area contributed by atoms with Crippen LogP contribution in [-0.4, -0.2) is 61.1 Å². The Morgan fingerprint density at radius 3 is 2.64 bits per heavy atom. The Labute approximate surface area is 196 Å². The molecule has 2 aromatic carbocycles. The fourth-order valence-electron chi connectivity index (χ4n) is 4.80. The first-order valence-electron chi connectivity index (χ1n) is 12.0. The number of benzene rings is 2. The van der Waals surface area contributed by atoms with Crippen molar-refractivity contribution >= 4 is 11.8 Å². The SMILES string of the molecule is COc1cccc(CN(CC2CCCO2)C(=O)C2CCCN(C(=O)Cc3ccccc3)C2)c1. The molecule has 2 atom stereocenters. The Kier molecular flexibility index (Phi) is 8.00. The molecule has 2 saturated heterocycles. The van der Waals surface area contributed by atoms with Crippen LogP contribution in [0, 0.1) is 5.92 Å². The number of carbonyl (C=O) groups is 2. The highest BCUT2D eigenvalue weighted by Gasteiger charge is 2.33. The van der Waals surface area contributed by atoms with Gasteiger partial charge in [-0.25, -0.2) is 0 Å². The zero-order valence-corrected chi connectivity index (χ0v) is 19.4. The van der Waals surface area contributed by atoms with Crippen LogP contribution in [0.4, 0.5) is 0 Å². The van der Waals surface area contributed by atoms with Crippen molar-refractivity contribution in [1.82, 2.24) is 9.80 Å². The zero-order chi connectivity index (χ0) is 23.0. The van der Waals surface area contributed by atoms with Crippen LogP contribution in [0.2, 0.25) is 0 Å². The molecule has 2 fully saturated rings. The van der Waals surface area contributed by atoms with Gasteiger partial charge in [-0.2, -0.15) is 0 Å². The van der Waals surface area contributed by atoms with Gasteiger partial charge in [-0.15, -0.1) is 0 Å². The first-order chi connectivity index (χ1) is 16.1. The Bertz CT molecular complexity index is 927. The van der Waals surface area contributed by atoms with Gasteiger partial charge in [0.2, 0.25) is 11.8 Å². The van der Waals surface area contributed by atoms with Crippen LogP contribution >= 0.6 is 0 Å². The third kappa shape index (κ3) is 6.35. The zero-order valence-electron chi connectivity index (χ0n) is 19.4. The van der Waals surface area contributed by atoms with Gasteiger partial charge in [0.05, 0.1) is 25.6 Å². The molecule has 176 valence electrons. The van der Waals surface area contributed by atoms with Gasteiger partial charge >= 0.3 is 0 Å². The maximum Gasteiger partial charge on any atom is 0.227 e. The summed E-state index contributed by atoms with van der Waals surface area (Å²) < 4.78 is 11.2. The van der Waals surface area contributed by atoms with E-state index in [2.05, 4.69) is 0 Å². The van der Waals surface area contributed by atoms with E-state index in [1.54, 1.807) is 7.11 Å². The van der Waals surface area contributed by atoms with E-state index < -0.39 is 0 Å². The van der Waals surface area contributed by atoms with Gasteiger partial charge in [-0.1, -0.05) is 42.5 Å². The standard InChI is InChI=1S/C27H34N2O4/c1-32-24-12-5-10-22(16-24)18-29(20-25-13-7-15-33-25)27(31)23-11-6-14-28(19-23)26(30)17-21-8-3-2-4-9-21/h2-5,8-10,12,16,23,25H,6-7,11,13-15,17-20H2,1H3. The molecule has 6 heteroatoms. The van der Waals surface area contributed by atoms with Gasteiger partial charge in [0, 0.05) is 32.8 Å². The average molecular weight is 451 g/mol. The lowest BCUT2D eigenvalue weighted by Crippen LogP contribution is -2.48. The van der Waals surface area contributed by atoms with Crippen molar-refractivity contribution < 1.29 is 19.1 Å². The van der Waals surface area contributed by atoms with Crippen molar-refractivity contribution in [2.75, 3.05) is 33.4 Å². The van der Waals surface area contributed by atoms with E-state index in [0.717, 1.165) is 55.7 Å². The molecule has 0 bridgehead atoms. The molecule has 2 aliphatic rings. The third-order valence-electron chi connectivity index (χ3n) is 6.59. The molecular weight excluding hydrogens is 416 g/mol. The Hall–Kier alpha value is -2.86. The molecule has 0 radical (unpaired) electrons. The topological polar surface area (TPSA) is 59.1 Å². The van der Waals surface area contributed by atoms with Gasteiger partial charge in [0.15, 0.2) is 0 Å². The summed E-state index contributed by atoms with van der Waals surface area (Å²) in [5.41, 5.74) is 2.04. The minimum Gasteiger partial charge on any atom is -0.497 e. The smallest absolute Gasteiger partial charge is 0.227 e. The lowest BCUT2D eigenvalue weighted by Gasteiger charge is -2.36. The minimum absolute atomic E-state index is 0.0824. The van der Waals surface area contributed by atoms with Gasteiger partial charge in [0.25, 0.3) is 0 Å². The van der Waals surface area contributed by atoms with Crippen LogP contribution in [0.1, 0.15) is 36.8 Å². The number of hydrogen-bond donors (Lipinski definition) is 0. The summed E-state index contributed by atoms with van der Waals surface area (Å²) in [5, 5.41) is 0. The largest absolute Gasteiger partial charge is 0.497 e. The highest BCUT2D eigenvalue weighted by molar-refractivity contribution is 5.82. The Morgan fingerprint density at radius 1 is 1.06 bits per heavy atom. The molecule has 0 saturated carbocycles. The first kappa shape index (κ1) is 23.3. The van der Waals surface area contributed by atoms with Crippen LogP contribution in [0.5, 0.6) is 5.75 Å². The monoisotopic (exact) mass is 450 g/mol. The molecule has 0 aromatic heterocycles. The maximum atomic E-state index is 13.7. The second-order valence-electron chi connectivity index (χ2n) is 9.05. The normalized spacial score (nSPS) is 20.5. The van der Waals surface area contributed by atoms with Crippen molar-refractivity contribution in [1.29, 1.82) is 0 Å². The van der Waals surface area contributed by atoms with Crippen molar-refractivity contribution in [3.8, 4) is 5.75 Å². The highest BCUT2D eigenvalue weighted by atomic mass is 16.5. The van der Waals surface area contributed by atoms with Crippen LogP contribution in [0.25, 0.3) is 0 Å². The second kappa shape index (κ2) is 11.3. The number of amides is 2. The summed E-state index contributed by atoms with van der Waals surface area (Å²) in [4.78, 5) is 30.4. The molecule has 2 heterocycles. The maximum absolute atomic E-state index is 13.7. The first-order valence-corrected chi connectivity index (χ1v) is 12.0. The predicted octanol–water partition coefficient (Wildman–Crippen LogP) is 3.68. The summed E-state index contributed by atoms with van der Waals surface area (Å²) in [7, 11) is 1.65. The molecule has 33 heavy (non-hydrogen) atoms. The summed E-state index contributed by atoms with van der Waals surface area (Å²) in [6.45, 7) is 3.08. The van der Waals surface area contributed by atoms with E-state index >= 15 is 0 Å². The molecule has 2 unspecified atom stereocenters. The van der Waals surface area contributed by atoms with E-state index in [1.807, 2.05) is 64.4 Å². The Balaban J connectivity index is 1.44. The van der Waals surface area contributed by atoms with Gasteiger partial charge in [-0.05, 0) is 48.9 Å². The second-order valence-corrected chi connectivity index (χ2v) is 9.05. The number of likely N-dealkylation sites (tertiary alicyclic amines) is 1. The van der Waals surface area contributed by atoms with Crippen LogP contribution in [0.15, 0.2) is 54.6 Å². The van der Waals surface area contributed by atoms with Gasteiger partial charge in [0.1, 0.15) is 5.75 Å². The summed E-state index contributed by atoms with van der Waals surface area (Å²) >= 11 is 0. The molecular formula is C27H34N2O4. The average Bonchev–Trinajstić information content (AvgIpc) is 3.37. The number of ether oxygens (including phenoxy) is 2. The van der Waals surface area contributed by atoms with Crippen molar-refractivity contribution in [3.63, 3.8) is 0 Å². The fraction of sp³-hybridized carbons (Fsp3) is 0.481. The molecule has 2 aliphatic heterocycles. The molecule has 2 amide bonds. The van der Waals surface area contributed by atoms with E-state index in [0.29, 0.717) is 26.1 Å². The number of nitrogens with zero attached hydrogens (tertiary/aromatic N) is 2. The van der Waals surface area contributed by atoms with E-state index in [1.165, 1.54) is 0 Å². The number of carbonyl (C=O) groups excluding carboxylic acids is 2. The molecule has 0 spiro atoms. The molecule has 6 nitrogen and oxygen atoms in total. The van der Waals surface area contributed by atoms with E-state index in [9.17, 15) is 9.59 Å². The lowest BCUT2D eigenvalue weighted by molar-refractivity contribution is -0.142. The van der Waals surface area contributed by atoms with E-state index in [-0.39, 0.29) is 23.8 Å². The highest BCUT2D eigenvalue weighted by Crippen LogP contribution is 2.24. The number of methoxy groups -OCH3 is 1. The Morgan fingerprint density at radius 2 is 1.88 bits per heavy atom. The lowest BCUT2D eigenvalue weighted by atomic mass is 9.95. The third-order valence-corrected chi connectivity index (χ3v) is 6.59. The summed E-state index contributed by atoms with van der Waals surface area (Å²) in [5.74, 6) is 0.820. The summed E-state index contributed by atoms with van der Waals surface area (Å²) in [6.07, 6.45) is 4.15. The van der Waals surface area contributed by atoms with Gasteiger partial charge in [-0.3, -0.25) is 9.59 Å². The summed E-state index contributed by atoms with van der Waals surface area (Å²) in [6, 6.07) is 17.7. The van der Waals surface area contributed by atoms with Gasteiger partial charge < -0.3 is 19.3 Å². The number of rotatable bonds is 8. The van der Waals surface area contributed by atoms with Crippen LogP contribution in [-0.2, 0) is 27.3 Å². The molecule has 0 aliphatic carbocycles. The quantitative estimate of drug-likeness (QED) is 0.616. The minimum atomic E-state index is -0.175. The van der Waals surface area contributed by atoms with Crippen molar-refractivity contribution in [2.45, 2.75) is 44.8 Å². The van der Waals surface area contributed by atoms with Crippen molar-refractivity contribution in [2.24, 2.45) is 5.92 Å².